The second-order valence-electron chi connectivity index (χ2n) is 6.32. The Morgan fingerprint density at radius 2 is 1.68 bits per heavy atom. The van der Waals surface area contributed by atoms with E-state index >= 15 is 0 Å². The normalized spacial score (nSPS) is 10.3. The van der Waals surface area contributed by atoms with Crippen molar-refractivity contribution in [3.63, 3.8) is 0 Å². The second kappa shape index (κ2) is 9.57. The molecule has 160 valence electrons. The zero-order chi connectivity index (χ0) is 22.4. The first-order chi connectivity index (χ1) is 15.0. The quantitative estimate of drug-likeness (QED) is 0.560. The number of nitrogens with one attached hydrogen (secondary N) is 2. The van der Waals surface area contributed by atoms with Gasteiger partial charge in [0.05, 0.1) is 43.3 Å². The van der Waals surface area contributed by atoms with Gasteiger partial charge < -0.3 is 19.5 Å². The summed E-state index contributed by atoms with van der Waals surface area (Å²) >= 11 is 0. The molecule has 0 bridgehead atoms. The zero-order valence-electron chi connectivity index (χ0n) is 17.2. The van der Waals surface area contributed by atoms with Gasteiger partial charge in [0, 0.05) is 5.56 Å². The van der Waals surface area contributed by atoms with Crippen molar-refractivity contribution in [2.75, 3.05) is 26.1 Å². The minimum atomic E-state index is -0.661. The number of carbonyl (C=O) groups is 3. The van der Waals surface area contributed by atoms with E-state index in [9.17, 15) is 14.4 Å². The molecular weight excluding hydrogens is 402 g/mol. The average molecular weight is 423 g/mol. The van der Waals surface area contributed by atoms with Crippen LogP contribution in [-0.4, -0.2) is 48.9 Å². The number of hydrogen-bond donors (Lipinski definition) is 2. The Bertz CT molecular complexity index is 1100. The number of amides is 1. The van der Waals surface area contributed by atoms with Gasteiger partial charge in [-0.25, -0.2) is 9.59 Å². The van der Waals surface area contributed by atoms with E-state index in [-0.39, 0.29) is 22.5 Å². The molecule has 1 amide bonds. The number of nitrogens with zero attached hydrogens (tertiary/aromatic N) is 1. The standard InChI is InChI=1S/C22H21N3O6/c1-4-31-15-8-5-13(6-9-15)17-12-19(25-24-17)20(26)23-18-11-14(21(27)29-2)7-10-16(18)22(28)30-3/h5-12H,4H2,1-3H3,(H,23,26)(H,24,25). The number of H-pyrrole nitrogens is 1. The molecule has 1 aromatic heterocycles. The number of ether oxygens (including phenoxy) is 3. The summed E-state index contributed by atoms with van der Waals surface area (Å²) in [6.07, 6.45) is 0. The molecule has 0 radical (unpaired) electrons. The summed E-state index contributed by atoms with van der Waals surface area (Å²) < 4.78 is 14.9. The predicted octanol–water partition coefficient (Wildman–Crippen LogP) is 3.30. The van der Waals surface area contributed by atoms with E-state index < -0.39 is 17.8 Å². The van der Waals surface area contributed by atoms with Gasteiger partial charge in [0.25, 0.3) is 5.91 Å². The number of carbonyl (C=O) groups excluding carboxylic acids is 3. The van der Waals surface area contributed by atoms with Crippen molar-refractivity contribution in [2.45, 2.75) is 6.92 Å². The average Bonchev–Trinajstić information content (AvgIpc) is 3.29. The Morgan fingerprint density at radius 1 is 0.968 bits per heavy atom. The van der Waals surface area contributed by atoms with Crippen LogP contribution in [0.3, 0.4) is 0 Å². The molecule has 0 aliphatic carbocycles. The van der Waals surface area contributed by atoms with Crippen molar-refractivity contribution in [2.24, 2.45) is 0 Å². The van der Waals surface area contributed by atoms with E-state index in [4.69, 9.17) is 14.2 Å². The van der Waals surface area contributed by atoms with Gasteiger partial charge in [0.1, 0.15) is 11.4 Å². The highest BCUT2D eigenvalue weighted by atomic mass is 16.5. The number of aromatic nitrogens is 2. The Hall–Kier alpha value is -4.14. The van der Waals surface area contributed by atoms with E-state index in [2.05, 4.69) is 15.5 Å². The first kappa shape index (κ1) is 21.6. The number of benzene rings is 2. The van der Waals surface area contributed by atoms with Crippen LogP contribution < -0.4 is 10.1 Å². The third-order valence-electron chi connectivity index (χ3n) is 4.38. The summed E-state index contributed by atoms with van der Waals surface area (Å²) in [5.41, 5.74) is 1.89. The SMILES string of the molecule is CCOc1ccc(-c2cc(C(=O)Nc3cc(C(=O)OC)ccc3C(=O)OC)[nH]n2)cc1. The Balaban J connectivity index is 1.84. The second-order valence-corrected chi connectivity index (χ2v) is 6.32. The van der Waals surface area contributed by atoms with Gasteiger partial charge in [0.2, 0.25) is 0 Å². The Kier molecular flexibility index (Phi) is 6.66. The van der Waals surface area contributed by atoms with E-state index in [0.29, 0.717) is 12.3 Å². The van der Waals surface area contributed by atoms with Crippen molar-refractivity contribution in [1.29, 1.82) is 0 Å². The summed E-state index contributed by atoms with van der Waals surface area (Å²) in [7, 11) is 2.46. The van der Waals surface area contributed by atoms with Crippen molar-refractivity contribution in [3.8, 4) is 17.0 Å². The van der Waals surface area contributed by atoms with E-state index in [1.807, 2.05) is 31.2 Å². The summed E-state index contributed by atoms with van der Waals surface area (Å²) in [4.78, 5) is 36.6. The zero-order valence-corrected chi connectivity index (χ0v) is 17.2. The molecule has 3 rings (SSSR count). The van der Waals surface area contributed by atoms with Crippen LogP contribution in [0.1, 0.15) is 38.1 Å². The van der Waals surface area contributed by atoms with E-state index in [0.717, 1.165) is 11.3 Å². The summed E-state index contributed by atoms with van der Waals surface area (Å²) in [5, 5.41) is 9.45. The van der Waals surface area contributed by atoms with Crippen LogP contribution in [0.25, 0.3) is 11.3 Å². The molecule has 3 aromatic rings. The van der Waals surface area contributed by atoms with E-state index in [1.54, 1.807) is 6.07 Å². The van der Waals surface area contributed by atoms with Crippen LogP contribution in [-0.2, 0) is 9.47 Å². The van der Waals surface area contributed by atoms with E-state index in [1.165, 1.54) is 32.4 Å². The number of aromatic amines is 1. The molecule has 0 aliphatic rings. The third-order valence-corrected chi connectivity index (χ3v) is 4.38. The molecule has 1 heterocycles. The lowest BCUT2D eigenvalue weighted by atomic mass is 10.1. The molecule has 0 aliphatic heterocycles. The fourth-order valence-corrected chi connectivity index (χ4v) is 2.84. The molecule has 2 N–H and O–H groups in total. The summed E-state index contributed by atoms with van der Waals surface area (Å²) in [6, 6.07) is 13.0. The number of rotatable bonds is 7. The minimum Gasteiger partial charge on any atom is -0.494 e. The molecule has 0 atom stereocenters. The Labute approximate surface area is 178 Å². The number of methoxy groups -OCH3 is 2. The monoisotopic (exact) mass is 423 g/mol. The van der Waals surface area contributed by atoms with Crippen LogP contribution in [0.2, 0.25) is 0 Å². The van der Waals surface area contributed by atoms with Crippen molar-refractivity contribution >= 4 is 23.5 Å². The molecule has 31 heavy (non-hydrogen) atoms. The first-order valence-corrected chi connectivity index (χ1v) is 9.37. The summed E-state index contributed by atoms with van der Waals surface area (Å²) in [5.74, 6) is -1.07. The molecule has 0 unspecified atom stereocenters. The lowest BCUT2D eigenvalue weighted by Gasteiger charge is -2.10. The highest BCUT2D eigenvalue weighted by molar-refractivity contribution is 6.08. The molecule has 0 spiro atoms. The number of hydrogen-bond acceptors (Lipinski definition) is 7. The van der Waals surface area contributed by atoms with Crippen LogP contribution in [0.5, 0.6) is 5.75 Å². The van der Waals surface area contributed by atoms with Gasteiger partial charge in [-0.1, -0.05) is 0 Å². The molecule has 9 heteroatoms. The van der Waals surface area contributed by atoms with Crippen LogP contribution >= 0.6 is 0 Å². The van der Waals surface area contributed by atoms with Crippen LogP contribution in [0.4, 0.5) is 5.69 Å². The molecule has 0 saturated heterocycles. The Morgan fingerprint density at radius 3 is 2.32 bits per heavy atom. The predicted molar refractivity (Wildman–Crippen MR) is 112 cm³/mol. The summed E-state index contributed by atoms with van der Waals surface area (Å²) in [6.45, 7) is 2.47. The van der Waals surface area contributed by atoms with Crippen molar-refractivity contribution in [1.82, 2.24) is 10.2 Å². The third kappa shape index (κ3) is 4.89. The van der Waals surface area contributed by atoms with Crippen LogP contribution in [0.15, 0.2) is 48.5 Å². The van der Waals surface area contributed by atoms with Gasteiger partial charge in [-0.2, -0.15) is 5.10 Å². The molecule has 0 fully saturated rings. The first-order valence-electron chi connectivity index (χ1n) is 9.37. The molecule has 2 aromatic carbocycles. The minimum absolute atomic E-state index is 0.0924. The van der Waals surface area contributed by atoms with Gasteiger partial charge in [-0.05, 0) is 55.5 Å². The van der Waals surface area contributed by atoms with Gasteiger partial charge in [-0.15, -0.1) is 0 Å². The molecule has 0 saturated carbocycles. The smallest absolute Gasteiger partial charge is 0.339 e. The maximum absolute atomic E-state index is 12.7. The highest BCUT2D eigenvalue weighted by Crippen LogP contribution is 2.23. The van der Waals surface area contributed by atoms with Gasteiger partial charge >= 0.3 is 11.9 Å². The lowest BCUT2D eigenvalue weighted by molar-refractivity contribution is 0.0587. The van der Waals surface area contributed by atoms with Crippen LogP contribution in [0, 0.1) is 0 Å². The fraction of sp³-hybridized carbons (Fsp3) is 0.182. The van der Waals surface area contributed by atoms with Crippen molar-refractivity contribution < 1.29 is 28.6 Å². The molecular formula is C22H21N3O6. The lowest BCUT2D eigenvalue weighted by Crippen LogP contribution is -2.17. The fourth-order valence-electron chi connectivity index (χ4n) is 2.84. The van der Waals surface area contributed by atoms with Crippen molar-refractivity contribution in [3.05, 3.63) is 65.4 Å². The highest BCUT2D eigenvalue weighted by Gasteiger charge is 2.19. The molecule has 9 nitrogen and oxygen atoms in total. The number of esters is 2. The largest absolute Gasteiger partial charge is 0.494 e. The van der Waals surface area contributed by atoms with Gasteiger partial charge in [0.15, 0.2) is 0 Å². The maximum Gasteiger partial charge on any atom is 0.339 e. The van der Waals surface area contributed by atoms with Gasteiger partial charge in [-0.3, -0.25) is 9.89 Å². The topological polar surface area (TPSA) is 120 Å². The maximum atomic E-state index is 12.7. The number of anilines is 1.